The van der Waals surface area contributed by atoms with Crippen molar-refractivity contribution in [2.45, 2.75) is 130 Å². The van der Waals surface area contributed by atoms with Crippen LogP contribution in [0.1, 0.15) is 93.7 Å². The molecular formula is C33H49ClN6O9SSi. The fourth-order valence-corrected chi connectivity index (χ4v) is 6.91. The number of imidazole rings is 1. The Morgan fingerprint density at radius 2 is 1.67 bits per heavy atom. The van der Waals surface area contributed by atoms with Crippen LogP contribution in [0.5, 0.6) is 0 Å². The predicted molar refractivity (Wildman–Crippen MR) is 193 cm³/mol. The SMILES string of the molecule is CCOC(=O)C(OC[C@@H]1C[C@@H](O[Si](C)(C)C(C)(C)C)[C@H](n2cnc3c(N(C(=O)OC(C)(C)C)C(=O)OC(C)(C)C)nc(Cl)nc32)O1)c1cscn1. The van der Waals surface area contributed by atoms with Crippen LogP contribution in [0.15, 0.2) is 17.2 Å². The number of rotatable bonds is 10. The fraction of sp³-hybridized carbons (Fsp3) is 0.667. The van der Waals surface area contributed by atoms with E-state index in [1.54, 1.807) is 63.9 Å². The number of hydrogen-bond donors (Lipinski definition) is 0. The van der Waals surface area contributed by atoms with Crippen molar-refractivity contribution in [1.82, 2.24) is 24.5 Å². The maximum absolute atomic E-state index is 13.5. The zero-order valence-corrected chi connectivity index (χ0v) is 33.9. The Kier molecular flexibility index (Phi) is 12.2. The number of hydrogen-bond acceptors (Lipinski definition) is 14. The van der Waals surface area contributed by atoms with Gasteiger partial charge in [-0.3, -0.25) is 4.57 Å². The Morgan fingerprint density at radius 3 is 2.20 bits per heavy atom. The highest BCUT2D eigenvalue weighted by Gasteiger charge is 2.47. The molecule has 0 N–H and O–H groups in total. The monoisotopic (exact) mass is 768 g/mol. The Hall–Kier alpha value is -3.22. The summed E-state index contributed by atoms with van der Waals surface area (Å²) in [6.45, 7) is 22.6. The molecule has 2 amide bonds. The third-order valence-electron chi connectivity index (χ3n) is 8.08. The van der Waals surface area contributed by atoms with Gasteiger partial charge in [-0.25, -0.2) is 24.4 Å². The molecule has 1 fully saturated rings. The minimum atomic E-state index is -2.38. The fourth-order valence-electron chi connectivity index (χ4n) is 4.86. The molecule has 4 rings (SSSR count). The third-order valence-corrected chi connectivity index (χ3v) is 13.4. The Labute approximate surface area is 308 Å². The lowest BCUT2D eigenvalue weighted by molar-refractivity contribution is -0.160. The standard InChI is InChI=1S/C33H49ClN6O9SSi/c1-13-44-27(41)23(20-16-50-18-36-20)45-15-19-14-21(49-51(11,12)33(8,9)10)26(46-19)39-17-35-22-24(39)37-28(34)38-25(22)40(29(42)47-31(2,3)4)30(43)48-32(5,6)7/h16-19,21,23,26H,13-15H2,1-12H3/t19-,21+,23?,26+/m0/s1. The minimum absolute atomic E-state index is 0.0214. The summed E-state index contributed by atoms with van der Waals surface area (Å²) in [5.41, 5.74) is 0.388. The van der Waals surface area contributed by atoms with Crippen molar-refractivity contribution in [3.05, 3.63) is 28.2 Å². The molecule has 282 valence electrons. The van der Waals surface area contributed by atoms with Crippen molar-refractivity contribution in [2.75, 3.05) is 18.1 Å². The molecule has 3 aromatic heterocycles. The van der Waals surface area contributed by atoms with Gasteiger partial charge in [-0.2, -0.15) is 14.9 Å². The lowest BCUT2D eigenvalue weighted by Crippen LogP contribution is -2.45. The zero-order chi connectivity index (χ0) is 38.1. The van der Waals surface area contributed by atoms with Gasteiger partial charge in [-0.15, -0.1) is 11.3 Å². The number of anilines is 1. The van der Waals surface area contributed by atoms with E-state index in [1.807, 2.05) is 0 Å². The second-order valence-electron chi connectivity index (χ2n) is 15.6. The summed E-state index contributed by atoms with van der Waals surface area (Å²) in [6.07, 6.45) is -3.08. The Balaban J connectivity index is 1.76. The van der Waals surface area contributed by atoms with Gasteiger partial charge in [0.1, 0.15) is 11.2 Å². The molecule has 1 aliphatic heterocycles. The average Bonchev–Trinajstić information content (AvgIpc) is 3.71. The van der Waals surface area contributed by atoms with Crippen LogP contribution in [-0.2, 0) is 32.9 Å². The highest BCUT2D eigenvalue weighted by atomic mass is 35.5. The van der Waals surface area contributed by atoms with Gasteiger partial charge in [-0.05, 0) is 78.2 Å². The molecule has 3 aromatic rings. The molecule has 4 atom stereocenters. The summed E-state index contributed by atoms with van der Waals surface area (Å²) in [6, 6.07) is 0. The highest BCUT2D eigenvalue weighted by molar-refractivity contribution is 7.07. The van der Waals surface area contributed by atoms with Crippen LogP contribution >= 0.6 is 22.9 Å². The van der Waals surface area contributed by atoms with Crippen LogP contribution in [0.2, 0.25) is 23.4 Å². The molecular weight excluding hydrogens is 720 g/mol. The molecule has 4 heterocycles. The number of carbonyl (C=O) groups is 3. The first kappa shape index (κ1) is 40.5. The zero-order valence-electron chi connectivity index (χ0n) is 31.3. The summed E-state index contributed by atoms with van der Waals surface area (Å²) in [4.78, 5) is 58.0. The quantitative estimate of drug-likeness (QED) is 0.0857. The van der Waals surface area contributed by atoms with Crippen molar-refractivity contribution >= 4 is 66.4 Å². The van der Waals surface area contributed by atoms with Gasteiger partial charge in [0.2, 0.25) is 5.28 Å². The number of amides is 2. The van der Waals surface area contributed by atoms with E-state index in [-0.39, 0.29) is 40.5 Å². The van der Waals surface area contributed by atoms with Crippen LogP contribution in [-0.4, -0.2) is 87.6 Å². The maximum Gasteiger partial charge on any atom is 0.425 e. The third kappa shape index (κ3) is 10.0. The maximum atomic E-state index is 13.5. The molecule has 0 radical (unpaired) electrons. The summed E-state index contributed by atoms with van der Waals surface area (Å²) in [7, 11) is -2.38. The molecule has 0 saturated carbocycles. The van der Waals surface area contributed by atoms with Crippen molar-refractivity contribution in [1.29, 1.82) is 0 Å². The normalized spacial score (nSPS) is 19.2. The number of aromatic nitrogens is 5. The lowest BCUT2D eigenvalue weighted by atomic mass is 10.2. The molecule has 1 saturated heterocycles. The molecule has 0 aliphatic carbocycles. The molecule has 1 aliphatic rings. The van der Waals surface area contributed by atoms with Gasteiger partial charge in [-0.1, -0.05) is 20.8 Å². The summed E-state index contributed by atoms with van der Waals surface area (Å²) >= 11 is 7.81. The number of carbonyl (C=O) groups excluding carboxylic acids is 3. The lowest BCUT2D eigenvalue weighted by Gasteiger charge is -2.39. The smallest absolute Gasteiger partial charge is 0.425 e. The van der Waals surface area contributed by atoms with E-state index < -0.39 is 62.2 Å². The Bertz CT molecular complexity index is 1670. The number of esters is 1. The second-order valence-corrected chi connectivity index (χ2v) is 21.4. The van der Waals surface area contributed by atoms with E-state index in [1.165, 1.54) is 17.7 Å². The van der Waals surface area contributed by atoms with E-state index in [4.69, 9.17) is 39.7 Å². The van der Waals surface area contributed by atoms with Crippen molar-refractivity contribution in [3.63, 3.8) is 0 Å². The van der Waals surface area contributed by atoms with E-state index in [0.29, 0.717) is 17.0 Å². The first-order valence-electron chi connectivity index (χ1n) is 16.7. The van der Waals surface area contributed by atoms with Crippen LogP contribution in [0.3, 0.4) is 0 Å². The van der Waals surface area contributed by atoms with Gasteiger partial charge in [0.15, 0.2) is 37.6 Å². The van der Waals surface area contributed by atoms with Gasteiger partial charge in [0, 0.05) is 11.8 Å². The van der Waals surface area contributed by atoms with Crippen LogP contribution < -0.4 is 4.90 Å². The number of imide groups is 1. The summed E-state index contributed by atoms with van der Waals surface area (Å²) in [5.74, 6) is -0.779. The highest BCUT2D eigenvalue weighted by Crippen LogP contribution is 2.43. The number of thiazole rings is 1. The van der Waals surface area contributed by atoms with Gasteiger partial charge in [0.05, 0.1) is 43.0 Å². The molecule has 0 bridgehead atoms. The predicted octanol–water partition coefficient (Wildman–Crippen LogP) is 7.61. The van der Waals surface area contributed by atoms with Crippen LogP contribution in [0.4, 0.5) is 15.4 Å². The van der Waals surface area contributed by atoms with Crippen LogP contribution in [0, 0.1) is 0 Å². The molecule has 15 nitrogen and oxygen atoms in total. The minimum Gasteiger partial charge on any atom is -0.464 e. The number of halogens is 1. The molecule has 1 unspecified atom stereocenters. The number of ether oxygens (including phenoxy) is 5. The van der Waals surface area contributed by atoms with Crippen LogP contribution in [0.25, 0.3) is 11.2 Å². The van der Waals surface area contributed by atoms with E-state index in [9.17, 15) is 14.4 Å². The van der Waals surface area contributed by atoms with Gasteiger partial charge in [0.25, 0.3) is 0 Å². The molecule has 18 heteroatoms. The van der Waals surface area contributed by atoms with E-state index in [0.717, 1.165) is 0 Å². The molecule has 0 spiro atoms. The van der Waals surface area contributed by atoms with Crippen molar-refractivity contribution in [3.8, 4) is 0 Å². The average molecular weight is 769 g/mol. The first-order valence-corrected chi connectivity index (χ1v) is 20.9. The summed E-state index contributed by atoms with van der Waals surface area (Å²) in [5, 5.41) is 1.33. The molecule has 51 heavy (non-hydrogen) atoms. The van der Waals surface area contributed by atoms with E-state index in [2.05, 4.69) is 53.8 Å². The van der Waals surface area contributed by atoms with Crippen molar-refractivity contribution < 1.29 is 42.5 Å². The molecule has 0 aromatic carbocycles. The topological polar surface area (TPSA) is 166 Å². The van der Waals surface area contributed by atoms with E-state index >= 15 is 0 Å². The number of fused-ring (bicyclic) bond motifs is 1. The first-order chi connectivity index (χ1) is 23.5. The van der Waals surface area contributed by atoms with Gasteiger partial charge >= 0.3 is 18.2 Å². The number of nitrogens with zero attached hydrogens (tertiary/aromatic N) is 6. The van der Waals surface area contributed by atoms with Gasteiger partial charge < -0.3 is 28.1 Å². The van der Waals surface area contributed by atoms with Crippen molar-refractivity contribution in [2.24, 2.45) is 0 Å². The summed E-state index contributed by atoms with van der Waals surface area (Å²) < 4.78 is 37.6. The second kappa shape index (κ2) is 15.4. The largest absolute Gasteiger partial charge is 0.464 e. The Morgan fingerprint density at radius 1 is 1.04 bits per heavy atom.